The number of fused-ring (bicyclic) bond motifs is 1. The molecule has 1 aliphatic heterocycles. The minimum atomic E-state index is -0.938. The summed E-state index contributed by atoms with van der Waals surface area (Å²) in [4.78, 5) is 24.5. The quantitative estimate of drug-likeness (QED) is 0.775. The fourth-order valence-corrected chi connectivity index (χ4v) is 2.81. The summed E-state index contributed by atoms with van der Waals surface area (Å²) in [6.45, 7) is 2.57. The van der Waals surface area contributed by atoms with E-state index in [0.717, 1.165) is 16.7 Å². The summed E-state index contributed by atoms with van der Waals surface area (Å²) in [5.74, 6) is -0.500. The van der Waals surface area contributed by atoms with Crippen LogP contribution in [0.2, 0.25) is 0 Å². The largest absolute Gasteiger partial charge is 0.465 e. The maximum absolute atomic E-state index is 13.7. The van der Waals surface area contributed by atoms with E-state index in [1.807, 2.05) is 13.0 Å². The number of carboxylic acid groups (broad SMARTS) is 1. The van der Waals surface area contributed by atoms with Crippen molar-refractivity contribution in [3.05, 3.63) is 58.9 Å². The van der Waals surface area contributed by atoms with Gasteiger partial charge < -0.3 is 20.6 Å². The third-order valence-corrected chi connectivity index (χ3v) is 4.12. The van der Waals surface area contributed by atoms with Gasteiger partial charge in [0.15, 0.2) is 0 Å². The highest BCUT2D eigenvalue weighted by Gasteiger charge is 2.20. The van der Waals surface area contributed by atoms with E-state index < -0.39 is 17.9 Å². The lowest BCUT2D eigenvalue weighted by atomic mass is 9.99. The summed E-state index contributed by atoms with van der Waals surface area (Å²) in [6.07, 6.45) is -0.349. The number of nitrogens with zero attached hydrogens (tertiary/aromatic N) is 1. The molecule has 0 saturated heterocycles. The van der Waals surface area contributed by atoms with Gasteiger partial charge in [0.05, 0.1) is 5.69 Å². The molecule has 2 aromatic rings. The Labute approximate surface area is 144 Å². The number of carbonyl (C=O) groups excluding carboxylic acids is 1. The zero-order valence-corrected chi connectivity index (χ0v) is 13.7. The molecule has 0 spiro atoms. The van der Waals surface area contributed by atoms with Gasteiger partial charge in [-0.25, -0.2) is 14.0 Å². The molecule has 0 saturated carbocycles. The average molecular weight is 343 g/mol. The summed E-state index contributed by atoms with van der Waals surface area (Å²) in [7, 11) is 0. The molecule has 1 aliphatic rings. The van der Waals surface area contributed by atoms with Crippen LogP contribution in [-0.4, -0.2) is 28.7 Å². The Morgan fingerprint density at radius 3 is 2.68 bits per heavy atom. The van der Waals surface area contributed by atoms with Gasteiger partial charge in [0, 0.05) is 18.8 Å². The molecule has 7 heteroatoms. The van der Waals surface area contributed by atoms with Crippen LogP contribution in [-0.2, 0) is 13.0 Å². The number of urea groups is 1. The molecule has 0 atom stereocenters. The van der Waals surface area contributed by atoms with Crippen LogP contribution in [0, 0.1) is 12.7 Å². The molecule has 0 aliphatic carbocycles. The zero-order chi connectivity index (χ0) is 18.0. The van der Waals surface area contributed by atoms with Crippen LogP contribution < -0.4 is 10.6 Å². The van der Waals surface area contributed by atoms with Gasteiger partial charge in [-0.05, 0) is 54.3 Å². The maximum Gasteiger partial charge on any atom is 0.407 e. The number of benzene rings is 2. The second-order valence-corrected chi connectivity index (χ2v) is 6.00. The first-order valence-electron chi connectivity index (χ1n) is 7.86. The molecule has 0 aromatic heterocycles. The molecule has 3 N–H and O–H groups in total. The topological polar surface area (TPSA) is 81.7 Å². The van der Waals surface area contributed by atoms with Crippen molar-refractivity contribution in [2.45, 2.75) is 19.9 Å². The average Bonchev–Trinajstić information content (AvgIpc) is 2.57. The molecule has 3 rings (SSSR count). The van der Waals surface area contributed by atoms with E-state index in [1.54, 1.807) is 24.3 Å². The zero-order valence-electron chi connectivity index (χ0n) is 13.7. The Hall–Kier alpha value is -3.09. The Morgan fingerprint density at radius 1 is 1.12 bits per heavy atom. The lowest BCUT2D eigenvalue weighted by Crippen LogP contribution is -2.34. The van der Waals surface area contributed by atoms with Crippen molar-refractivity contribution < 1.29 is 19.1 Å². The number of hydrogen-bond donors (Lipinski definition) is 3. The molecule has 1 heterocycles. The first-order valence-corrected chi connectivity index (χ1v) is 7.86. The van der Waals surface area contributed by atoms with E-state index in [1.165, 1.54) is 11.0 Å². The first kappa shape index (κ1) is 16.8. The lowest BCUT2D eigenvalue weighted by Gasteiger charge is -2.26. The normalized spacial score (nSPS) is 13.1. The molecule has 0 radical (unpaired) electrons. The number of amides is 3. The monoisotopic (exact) mass is 343 g/mol. The predicted octanol–water partition coefficient (Wildman–Crippen LogP) is 3.81. The summed E-state index contributed by atoms with van der Waals surface area (Å²) in [6, 6.07) is 9.28. The van der Waals surface area contributed by atoms with E-state index in [2.05, 4.69) is 10.6 Å². The van der Waals surface area contributed by atoms with Crippen molar-refractivity contribution in [1.29, 1.82) is 0 Å². The van der Waals surface area contributed by atoms with Crippen molar-refractivity contribution in [2.75, 3.05) is 17.2 Å². The van der Waals surface area contributed by atoms with Crippen molar-refractivity contribution >= 4 is 23.5 Å². The van der Waals surface area contributed by atoms with E-state index in [-0.39, 0.29) is 5.69 Å². The second-order valence-electron chi connectivity index (χ2n) is 6.00. The third kappa shape index (κ3) is 3.88. The second kappa shape index (κ2) is 6.80. The highest BCUT2D eigenvalue weighted by molar-refractivity contribution is 5.99. The molecular weight excluding hydrogens is 325 g/mol. The SMILES string of the molecule is Cc1ccc(F)c(NC(=O)Nc2ccc3c(c2)CCN(C(=O)O)C3)c1. The number of anilines is 2. The van der Waals surface area contributed by atoms with Crippen molar-refractivity contribution in [2.24, 2.45) is 0 Å². The van der Waals surface area contributed by atoms with Crippen LogP contribution in [0.1, 0.15) is 16.7 Å². The van der Waals surface area contributed by atoms with Crippen molar-refractivity contribution in [3.8, 4) is 0 Å². The smallest absolute Gasteiger partial charge is 0.407 e. The summed E-state index contributed by atoms with van der Waals surface area (Å²) >= 11 is 0. The highest BCUT2D eigenvalue weighted by atomic mass is 19.1. The van der Waals surface area contributed by atoms with Gasteiger partial charge in [-0.2, -0.15) is 0 Å². The summed E-state index contributed by atoms with van der Waals surface area (Å²) in [5, 5.41) is 14.2. The molecule has 130 valence electrons. The van der Waals surface area contributed by atoms with Crippen LogP contribution >= 0.6 is 0 Å². The lowest BCUT2D eigenvalue weighted by molar-refractivity contribution is 0.140. The van der Waals surface area contributed by atoms with E-state index in [9.17, 15) is 14.0 Å². The summed E-state index contributed by atoms with van der Waals surface area (Å²) < 4.78 is 13.7. The van der Waals surface area contributed by atoms with E-state index >= 15 is 0 Å². The Morgan fingerprint density at radius 2 is 1.92 bits per heavy atom. The Balaban J connectivity index is 1.68. The number of carbonyl (C=O) groups is 2. The number of aryl methyl sites for hydroxylation is 1. The molecule has 0 fully saturated rings. The van der Waals surface area contributed by atoms with Gasteiger partial charge in [0.2, 0.25) is 0 Å². The number of nitrogens with one attached hydrogen (secondary N) is 2. The predicted molar refractivity (Wildman–Crippen MR) is 92.4 cm³/mol. The first-order chi connectivity index (χ1) is 11.9. The van der Waals surface area contributed by atoms with Crippen LogP contribution in [0.15, 0.2) is 36.4 Å². The standard InChI is InChI=1S/C18H18FN3O3/c1-11-2-5-15(19)16(8-11)21-17(23)20-14-4-3-13-10-22(18(24)25)7-6-12(13)9-14/h2-5,8-9H,6-7,10H2,1H3,(H,24,25)(H2,20,21,23). The number of halogens is 1. The maximum atomic E-state index is 13.7. The van der Waals surface area contributed by atoms with Crippen molar-refractivity contribution in [3.63, 3.8) is 0 Å². The van der Waals surface area contributed by atoms with Crippen LogP contribution in [0.3, 0.4) is 0 Å². The minimum absolute atomic E-state index is 0.118. The van der Waals surface area contributed by atoms with Gasteiger partial charge in [-0.3, -0.25) is 0 Å². The van der Waals surface area contributed by atoms with Crippen LogP contribution in [0.5, 0.6) is 0 Å². The Kier molecular flexibility index (Phi) is 4.56. The molecule has 0 unspecified atom stereocenters. The van der Waals surface area contributed by atoms with Gasteiger partial charge in [0.1, 0.15) is 5.82 Å². The van der Waals surface area contributed by atoms with Crippen LogP contribution in [0.25, 0.3) is 0 Å². The molecule has 0 bridgehead atoms. The minimum Gasteiger partial charge on any atom is -0.465 e. The number of hydrogen-bond acceptors (Lipinski definition) is 2. The molecule has 3 amide bonds. The van der Waals surface area contributed by atoms with Gasteiger partial charge in [-0.1, -0.05) is 12.1 Å². The molecule has 2 aromatic carbocycles. The van der Waals surface area contributed by atoms with Gasteiger partial charge in [0.25, 0.3) is 0 Å². The summed E-state index contributed by atoms with van der Waals surface area (Å²) in [5.41, 5.74) is 3.45. The fourth-order valence-electron chi connectivity index (χ4n) is 2.81. The molecule has 25 heavy (non-hydrogen) atoms. The fraction of sp³-hybridized carbons (Fsp3) is 0.222. The van der Waals surface area contributed by atoms with E-state index in [0.29, 0.717) is 25.2 Å². The highest BCUT2D eigenvalue weighted by Crippen LogP contribution is 2.23. The van der Waals surface area contributed by atoms with Crippen molar-refractivity contribution in [1.82, 2.24) is 4.90 Å². The Bertz CT molecular complexity index is 838. The van der Waals surface area contributed by atoms with Crippen LogP contribution in [0.4, 0.5) is 25.4 Å². The molecule has 6 nitrogen and oxygen atoms in total. The van der Waals surface area contributed by atoms with E-state index in [4.69, 9.17) is 5.11 Å². The van der Waals surface area contributed by atoms with Gasteiger partial charge >= 0.3 is 12.1 Å². The third-order valence-electron chi connectivity index (χ3n) is 4.12. The molecular formula is C18H18FN3O3. The number of rotatable bonds is 2. The van der Waals surface area contributed by atoms with Gasteiger partial charge in [-0.15, -0.1) is 0 Å².